The third kappa shape index (κ3) is 3.00. The van der Waals surface area contributed by atoms with Crippen LogP contribution in [0.15, 0.2) is 54.7 Å². The number of hydrogen-bond acceptors (Lipinski definition) is 4. The number of benzene rings is 2. The van der Waals surface area contributed by atoms with E-state index in [1.54, 1.807) is 11.0 Å². The van der Waals surface area contributed by atoms with Crippen molar-refractivity contribution in [1.82, 2.24) is 20.2 Å². The maximum Gasteiger partial charge on any atom is 0.255 e. The zero-order valence-corrected chi connectivity index (χ0v) is 15.5. The van der Waals surface area contributed by atoms with Gasteiger partial charge in [0.2, 0.25) is 11.8 Å². The fraction of sp³-hybridized carbons (Fsp3) is 0.182. The van der Waals surface area contributed by atoms with Gasteiger partial charge in [0.1, 0.15) is 11.9 Å². The molecule has 0 spiro atoms. The molecule has 144 valence electrons. The average molecular weight is 386 g/mol. The molecule has 7 nitrogen and oxygen atoms in total. The van der Waals surface area contributed by atoms with E-state index >= 15 is 0 Å². The van der Waals surface area contributed by atoms with Crippen LogP contribution < -0.4 is 5.32 Å². The van der Waals surface area contributed by atoms with E-state index < -0.39 is 11.9 Å². The second kappa shape index (κ2) is 6.70. The standard InChI is InChI=1S/C22H18N4O3/c27-19-9-8-18(21(28)25-19)26-12-15-10-14(6-7-16(15)22(26)29)17-11-23-20(24-17)13-4-2-1-3-5-13/h1-7,10-11,18H,8-9,12H2,(H,23,24)(H,25,27,28). The lowest BCUT2D eigenvalue weighted by Gasteiger charge is -2.29. The Morgan fingerprint density at radius 1 is 1.00 bits per heavy atom. The molecule has 1 fully saturated rings. The normalized spacial score (nSPS) is 18.7. The Labute approximate surface area is 166 Å². The molecule has 3 amide bonds. The zero-order valence-electron chi connectivity index (χ0n) is 15.5. The van der Waals surface area contributed by atoms with E-state index in [4.69, 9.17) is 0 Å². The summed E-state index contributed by atoms with van der Waals surface area (Å²) in [5.74, 6) is -0.0803. The van der Waals surface area contributed by atoms with E-state index in [0.29, 0.717) is 18.5 Å². The van der Waals surface area contributed by atoms with Crippen molar-refractivity contribution < 1.29 is 14.4 Å². The van der Waals surface area contributed by atoms with Crippen molar-refractivity contribution in [3.63, 3.8) is 0 Å². The van der Waals surface area contributed by atoms with E-state index in [0.717, 1.165) is 28.2 Å². The molecule has 29 heavy (non-hydrogen) atoms. The molecule has 2 N–H and O–H groups in total. The minimum absolute atomic E-state index is 0.173. The predicted octanol–water partition coefficient (Wildman–Crippen LogP) is 2.50. The Morgan fingerprint density at radius 3 is 2.62 bits per heavy atom. The molecular formula is C22H18N4O3. The van der Waals surface area contributed by atoms with Gasteiger partial charge in [-0.3, -0.25) is 19.7 Å². The summed E-state index contributed by atoms with van der Waals surface area (Å²) in [4.78, 5) is 45.8. The summed E-state index contributed by atoms with van der Waals surface area (Å²) in [6, 6.07) is 14.9. The van der Waals surface area contributed by atoms with Crippen LogP contribution in [0, 0.1) is 0 Å². The summed E-state index contributed by atoms with van der Waals surface area (Å²) in [6.45, 7) is 0.351. The van der Waals surface area contributed by atoms with Gasteiger partial charge in [0, 0.05) is 35.9 Å². The number of H-pyrrole nitrogens is 1. The summed E-state index contributed by atoms with van der Waals surface area (Å²) in [5.41, 5.74) is 4.15. The highest BCUT2D eigenvalue weighted by Crippen LogP contribution is 2.31. The topological polar surface area (TPSA) is 95.2 Å². The van der Waals surface area contributed by atoms with Crippen LogP contribution in [-0.4, -0.2) is 38.6 Å². The minimum Gasteiger partial charge on any atom is -0.344 e. The van der Waals surface area contributed by atoms with Crippen LogP contribution in [0.25, 0.3) is 22.6 Å². The first-order valence-electron chi connectivity index (χ1n) is 9.49. The molecule has 2 aromatic carbocycles. The number of imide groups is 1. The van der Waals surface area contributed by atoms with Crippen molar-refractivity contribution in [1.29, 1.82) is 0 Å². The number of carbonyl (C=O) groups is 3. The monoisotopic (exact) mass is 386 g/mol. The summed E-state index contributed by atoms with van der Waals surface area (Å²) < 4.78 is 0. The number of carbonyl (C=O) groups excluding carboxylic acids is 3. The molecule has 2 aliphatic heterocycles. The number of aromatic nitrogens is 2. The van der Waals surface area contributed by atoms with E-state index in [1.807, 2.05) is 48.7 Å². The van der Waals surface area contributed by atoms with Gasteiger partial charge in [0.15, 0.2) is 0 Å². The number of hydrogen-bond donors (Lipinski definition) is 2. The second-order valence-electron chi connectivity index (χ2n) is 7.27. The summed E-state index contributed by atoms with van der Waals surface area (Å²) >= 11 is 0. The summed E-state index contributed by atoms with van der Waals surface area (Å²) in [7, 11) is 0. The van der Waals surface area contributed by atoms with E-state index in [9.17, 15) is 14.4 Å². The van der Waals surface area contributed by atoms with Crippen LogP contribution in [0.1, 0.15) is 28.8 Å². The van der Waals surface area contributed by atoms with Crippen LogP contribution in [0.2, 0.25) is 0 Å². The molecular weight excluding hydrogens is 368 g/mol. The van der Waals surface area contributed by atoms with Crippen LogP contribution in [0.3, 0.4) is 0 Å². The van der Waals surface area contributed by atoms with Crippen molar-refractivity contribution in [2.45, 2.75) is 25.4 Å². The number of imidazole rings is 1. The summed E-state index contributed by atoms with van der Waals surface area (Å²) in [5, 5.41) is 2.32. The lowest BCUT2D eigenvalue weighted by Crippen LogP contribution is -2.52. The molecule has 3 aromatic rings. The SMILES string of the molecule is O=C1CCC(N2Cc3cc(-c4c[nH]c(-c5ccccc5)n4)ccc3C2=O)C(=O)N1. The molecule has 1 unspecified atom stereocenters. The largest absolute Gasteiger partial charge is 0.344 e. The van der Waals surface area contributed by atoms with Gasteiger partial charge in [-0.2, -0.15) is 0 Å². The molecule has 1 aromatic heterocycles. The molecule has 0 aliphatic carbocycles. The maximum absolute atomic E-state index is 12.8. The lowest BCUT2D eigenvalue weighted by molar-refractivity contribution is -0.136. The number of nitrogens with zero attached hydrogens (tertiary/aromatic N) is 2. The molecule has 0 bridgehead atoms. The first kappa shape index (κ1) is 17.4. The third-order valence-electron chi connectivity index (χ3n) is 5.44. The fourth-order valence-electron chi connectivity index (χ4n) is 3.95. The summed E-state index contributed by atoms with van der Waals surface area (Å²) in [6.07, 6.45) is 2.45. The second-order valence-corrected chi connectivity index (χ2v) is 7.27. The Balaban J connectivity index is 1.41. The van der Waals surface area contributed by atoms with Gasteiger partial charge < -0.3 is 9.88 Å². The highest BCUT2D eigenvalue weighted by Gasteiger charge is 2.39. The number of amides is 3. The molecule has 0 saturated carbocycles. The van der Waals surface area contributed by atoms with Gasteiger partial charge >= 0.3 is 0 Å². The number of nitrogens with one attached hydrogen (secondary N) is 2. The van der Waals surface area contributed by atoms with Crippen LogP contribution in [0.5, 0.6) is 0 Å². The smallest absolute Gasteiger partial charge is 0.255 e. The predicted molar refractivity (Wildman–Crippen MR) is 106 cm³/mol. The first-order chi connectivity index (χ1) is 14.1. The number of fused-ring (bicyclic) bond motifs is 1. The molecule has 0 radical (unpaired) electrons. The zero-order chi connectivity index (χ0) is 20.0. The molecule has 5 rings (SSSR count). The van der Waals surface area contributed by atoms with Crippen molar-refractivity contribution in [3.05, 3.63) is 65.9 Å². The van der Waals surface area contributed by atoms with Gasteiger partial charge in [-0.25, -0.2) is 4.98 Å². The molecule has 7 heteroatoms. The fourth-order valence-corrected chi connectivity index (χ4v) is 3.95. The molecule has 1 atom stereocenters. The van der Waals surface area contributed by atoms with E-state index in [-0.39, 0.29) is 18.2 Å². The van der Waals surface area contributed by atoms with Crippen molar-refractivity contribution in [2.75, 3.05) is 0 Å². The van der Waals surface area contributed by atoms with Crippen LogP contribution >= 0.6 is 0 Å². The van der Waals surface area contributed by atoms with Crippen LogP contribution in [-0.2, 0) is 16.1 Å². The van der Waals surface area contributed by atoms with Gasteiger partial charge in [-0.05, 0) is 24.1 Å². The van der Waals surface area contributed by atoms with Gasteiger partial charge in [0.25, 0.3) is 5.91 Å². The van der Waals surface area contributed by atoms with Crippen molar-refractivity contribution in [2.24, 2.45) is 0 Å². The van der Waals surface area contributed by atoms with Crippen molar-refractivity contribution >= 4 is 17.7 Å². The third-order valence-corrected chi connectivity index (χ3v) is 5.44. The van der Waals surface area contributed by atoms with Crippen molar-refractivity contribution in [3.8, 4) is 22.6 Å². The number of rotatable bonds is 3. The van der Waals surface area contributed by atoms with E-state index in [2.05, 4.69) is 15.3 Å². The lowest BCUT2D eigenvalue weighted by atomic mass is 10.0. The highest BCUT2D eigenvalue weighted by atomic mass is 16.2. The Kier molecular flexibility index (Phi) is 4.01. The Hall–Kier alpha value is -3.74. The molecule has 2 aliphatic rings. The van der Waals surface area contributed by atoms with Gasteiger partial charge in [0.05, 0.1) is 5.69 Å². The number of piperidine rings is 1. The highest BCUT2D eigenvalue weighted by molar-refractivity contribution is 6.05. The average Bonchev–Trinajstić information content (AvgIpc) is 3.34. The Morgan fingerprint density at radius 2 is 1.83 bits per heavy atom. The maximum atomic E-state index is 12.8. The van der Waals surface area contributed by atoms with Crippen LogP contribution in [0.4, 0.5) is 0 Å². The van der Waals surface area contributed by atoms with E-state index in [1.165, 1.54) is 0 Å². The van der Waals surface area contributed by atoms with Gasteiger partial charge in [-0.15, -0.1) is 0 Å². The first-order valence-corrected chi connectivity index (χ1v) is 9.49. The number of aromatic amines is 1. The molecule has 1 saturated heterocycles. The quantitative estimate of drug-likeness (QED) is 0.676. The molecule has 3 heterocycles. The Bertz CT molecular complexity index is 1140. The minimum atomic E-state index is -0.605. The van der Waals surface area contributed by atoms with Gasteiger partial charge in [-0.1, -0.05) is 36.4 Å².